The van der Waals surface area contributed by atoms with Crippen molar-refractivity contribution >= 4 is 44.3 Å². The van der Waals surface area contributed by atoms with Crippen LogP contribution in [0.25, 0.3) is 22.3 Å². The molecule has 4 aromatic rings. The van der Waals surface area contributed by atoms with Crippen LogP contribution in [0.15, 0.2) is 66.0 Å². The topological polar surface area (TPSA) is 148 Å². The number of aromatic nitrogens is 4. The molecule has 1 amide bonds. The molecule has 1 saturated heterocycles. The molecule has 0 saturated carbocycles. The summed E-state index contributed by atoms with van der Waals surface area (Å²) in [5.74, 6) is -2.57. The number of piperazine rings is 1. The molecule has 5 rings (SSSR count). The van der Waals surface area contributed by atoms with Crippen molar-refractivity contribution in [2.45, 2.75) is 24.8 Å². The molecule has 1 N–H and O–H groups in total. The van der Waals surface area contributed by atoms with E-state index >= 15 is 0 Å². The third kappa shape index (κ3) is 6.17. The second-order valence-corrected chi connectivity index (χ2v) is 11.6. The molecule has 15 heteroatoms. The highest BCUT2D eigenvalue weighted by atomic mass is 32.2. The fraction of sp³-hybridized carbons (Fsp3) is 0.241. The highest BCUT2D eigenvalue weighted by Gasteiger charge is 2.29. The highest BCUT2D eigenvalue weighted by molar-refractivity contribution is 7.92. The predicted molar refractivity (Wildman–Crippen MR) is 157 cm³/mol. The first-order valence-corrected chi connectivity index (χ1v) is 14.8. The number of nitrogens with zero attached hydrogens (tertiary/aromatic N) is 6. The SMILES string of the molecule is COc1ncc(-c2ccc3ncnc(N4CCN(C(=O)/C=C/C(C)=O)C[C@@H]4C)c3n2)cc1NS(=O)(=O)c1c(F)cccc1F. The molecule has 0 unspecified atom stereocenters. The molecule has 228 valence electrons. The van der Waals surface area contributed by atoms with E-state index in [9.17, 15) is 26.8 Å². The second-order valence-electron chi connectivity index (χ2n) is 9.97. The van der Waals surface area contributed by atoms with Crippen molar-refractivity contribution in [1.29, 1.82) is 0 Å². The largest absolute Gasteiger partial charge is 0.480 e. The van der Waals surface area contributed by atoms with E-state index in [1.54, 1.807) is 17.0 Å². The van der Waals surface area contributed by atoms with Gasteiger partial charge < -0.3 is 14.5 Å². The zero-order valence-electron chi connectivity index (χ0n) is 23.9. The summed E-state index contributed by atoms with van der Waals surface area (Å²) in [4.78, 5) is 44.0. The van der Waals surface area contributed by atoms with Crippen LogP contribution in [-0.4, -0.2) is 77.7 Å². The van der Waals surface area contributed by atoms with Gasteiger partial charge in [0, 0.05) is 43.5 Å². The number of benzene rings is 1. The third-order valence-electron chi connectivity index (χ3n) is 6.91. The number of hydrogen-bond donors (Lipinski definition) is 1. The smallest absolute Gasteiger partial charge is 0.267 e. The molecular formula is C29H27F2N7O5S. The van der Waals surface area contributed by atoms with Crippen LogP contribution in [-0.2, 0) is 19.6 Å². The first-order valence-electron chi connectivity index (χ1n) is 13.4. The monoisotopic (exact) mass is 623 g/mol. The average Bonchev–Trinajstić information content (AvgIpc) is 2.99. The number of pyridine rings is 2. The molecule has 1 aliphatic rings. The first-order chi connectivity index (χ1) is 21.0. The van der Waals surface area contributed by atoms with Gasteiger partial charge in [-0.3, -0.25) is 14.3 Å². The standard InChI is InChI=1S/C29H27F2N7O5S/c1-17-15-37(25(40)10-7-18(2)39)11-12-38(17)28-26-23(33-16-34-28)9-8-22(35-26)19-13-24(29(43-3)32-14-19)36-44(41,42)27-20(30)5-4-6-21(27)31/h4-10,13-14,16-17,36H,11-12,15H2,1-3H3/b10-7+/t17-/m0/s1. The Balaban J connectivity index is 1.47. The zero-order chi connectivity index (χ0) is 31.6. The van der Waals surface area contributed by atoms with Gasteiger partial charge in [-0.15, -0.1) is 0 Å². The first kappa shape index (κ1) is 30.4. The number of anilines is 2. The molecule has 0 radical (unpaired) electrons. The predicted octanol–water partition coefficient (Wildman–Crippen LogP) is 3.36. The fourth-order valence-corrected chi connectivity index (χ4v) is 6.02. The van der Waals surface area contributed by atoms with Crippen molar-refractivity contribution in [3.8, 4) is 17.1 Å². The summed E-state index contributed by atoms with van der Waals surface area (Å²) in [5, 5.41) is 0. The molecule has 0 spiro atoms. The summed E-state index contributed by atoms with van der Waals surface area (Å²) in [6.45, 7) is 4.55. The average molecular weight is 624 g/mol. The lowest BCUT2D eigenvalue weighted by Gasteiger charge is -2.40. The van der Waals surface area contributed by atoms with Crippen LogP contribution in [0.3, 0.4) is 0 Å². The number of carbonyl (C=O) groups excluding carboxylic acids is 2. The summed E-state index contributed by atoms with van der Waals surface area (Å²) in [5.41, 5.74) is 1.60. The van der Waals surface area contributed by atoms with Crippen LogP contribution in [0.4, 0.5) is 20.3 Å². The number of nitrogens with one attached hydrogen (secondary N) is 1. The van der Waals surface area contributed by atoms with Gasteiger partial charge in [-0.05, 0) is 50.3 Å². The van der Waals surface area contributed by atoms with E-state index in [-0.39, 0.29) is 29.3 Å². The van der Waals surface area contributed by atoms with Gasteiger partial charge in [-0.2, -0.15) is 0 Å². The maximum absolute atomic E-state index is 14.3. The Morgan fingerprint density at radius 1 is 1.07 bits per heavy atom. The summed E-state index contributed by atoms with van der Waals surface area (Å²) in [6, 6.07) is 7.37. The Kier molecular flexibility index (Phi) is 8.49. The summed E-state index contributed by atoms with van der Waals surface area (Å²) < 4.78 is 61.9. The Hall–Kier alpha value is -5.05. The number of sulfonamides is 1. The van der Waals surface area contributed by atoms with Gasteiger partial charge in [-0.1, -0.05) is 6.07 Å². The van der Waals surface area contributed by atoms with E-state index in [0.29, 0.717) is 47.7 Å². The number of ether oxygens (including phenoxy) is 1. The van der Waals surface area contributed by atoms with Crippen molar-refractivity contribution in [3.63, 3.8) is 0 Å². The lowest BCUT2D eigenvalue weighted by Crippen LogP contribution is -2.53. The second kappa shape index (κ2) is 12.3. The summed E-state index contributed by atoms with van der Waals surface area (Å²) in [6.07, 6.45) is 5.34. The lowest BCUT2D eigenvalue weighted by atomic mass is 10.1. The molecule has 4 heterocycles. The van der Waals surface area contributed by atoms with E-state index in [1.165, 1.54) is 44.8 Å². The molecule has 1 atom stereocenters. The maximum Gasteiger partial charge on any atom is 0.267 e. The number of methoxy groups -OCH3 is 1. The Labute approximate surface area is 251 Å². The fourth-order valence-electron chi connectivity index (χ4n) is 4.83. The maximum atomic E-state index is 14.3. The molecule has 1 fully saturated rings. The minimum absolute atomic E-state index is 0.127. The van der Waals surface area contributed by atoms with E-state index < -0.39 is 26.6 Å². The highest BCUT2D eigenvalue weighted by Crippen LogP contribution is 2.32. The quantitative estimate of drug-likeness (QED) is 0.290. The number of fused-ring (bicyclic) bond motifs is 1. The summed E-state index contributed by atoms with van der Waals surface area (Å²) >= 11 is 0. The van der Waals surface area contributed by atoms with Crippen LogP contribution in [0.2, 0.25) is 0 Å². The number of carbonyl (C=O) groups is 2. The van der Waals surface area contributed by atoms with Crippen molar-refractivity contribution in [1.82, 2.24) is 24.8 Å². The van der Waals surface area contributed by atoms with Crippen LogP contribution in [0.1, 0.15) is 13.8 Å². The van der Waals surface area contributed by atoms with Crippen LogP contribution in [0.5, 0.6) is 5.88 Å². The van der Waals surface area contributed by atoms with Gasteiger partial charge in [-0.25, -0.2) is 37.1 Å². The normalized spacial score (nSPS) is 15.5. The summed E-state index contributed by atoms with van der Waals surface area (Å²) in [7, 11) is -3.43. The van der Waals surface area contributed by atoms with Crippen molar-refractivity contribution in [3.05, 3.63) is 72.7 Å². The molecule has 44 heavy (non-hydrogen) atoms. The zero-order valence-corrected chi connectivity index (χ0v) is 24.7. The number of ketones is 1. The number of rotatable bonds is 8. The van der Waals surface area contributed by atoms with Gasteiger partial charge in [0.15, 0.2) is 16.5 Å². The van der Waals surface area contributed by atoms with Crippen LogP contribution < -0.4 is 14.4 Å². The molecular weight excluding hydrogens is 596 g/mol. The van der Waals surface area contributed by atoms with Gasteiger partial charge in [0.05, 0.1) is 18.3 Å². The number of allylic oxidation sites excluding steroid dienone is 1. The van der Waals surface area contributed by atoms with Crippen LogP contribution >= 0.6 is 0 Å². The van der Waals surface area contributed by atoms with Gasteiger partial charge in [0.1, 0.15) is 29.2 Å². The molecule has 0 bridgehead atoms. The lowest BCUT2D eigenvalue weighted by molar-refractivity contribution is -0.127. The Morgan fingerprint density at radius 3 is 2.50 bits per heavy atom. The minimum Gasteiger partial charge on any atom is -0.480 e. The molecule has 12 nitrogen and oxygen atoms in total. The Morgan fingerprint density at radius 2 is 1.82 bits per heavy atom. The number of halogens is 2. The third-order valence-corrected chi connectivity index (χ3v) is 8.32. The van der Waals surface area contributed by atoms with Crippen LogP contribution in [0, 0.1) is 11.6 Å². The molecule has 1 aromatic carbocycles. The van der Waals surface area contributed by atoms with E-state index in [2.05, 4.69) is 19.7 Å². The molecule has 1 aliphatic heterocycles. The van der Waals surface area contributed by atoms with Crippen molar-refractivity contribution in [2.75, 3.05) is 36.4 Å². The van der Waals surface area contributed by atoms with E-state index in [0.717, 1.165) is 18.2 Å². The van der Waals surface area contributed by atoms with Crippen molar-refractivity contribution < 1.29 is 31.5 Å². The van der Waals surface area contributed by atoms with Gasteiger partial charge >= 0.3 is 0 Å². The molecule has 0 aliphatic carbocycles. The Bertz CT molecular complexity index is 1880. The number of hydrogen-bond acceptors (Lipinski definition) is 10. The minimum atomic E-state index is -4.70. The van der Waals surface area contributed by atoms with Crippen molar-refractivity contribution in [2.24, 2.45) is 0 Å². The van der Waals surface area contributed by atoms with E-state index in [4.69, 9.17) is 9.72 Å². The number of amides is 1. The molecule has 3 aromatic heterocycles. The van der Waals surface area contributed by atoms with Gasteiger partial charge in [0.25, 0.3) is 10.0 Å². The van der Waals surface area contributed by atoms with E-state index in [1.807, 2.05) is 11.8 Å². The van der Waals surface area contributed by atoms with Gasteiger partial charge in [0.2, 0.25) is 11.8 Å².